The van der Waals surface area contributed by atoms with Crippen LogP contribution in [0, 0.1) is 0 Å². The topological polar surface area (TPSA) is 86.6 Å². The molecule has 1 aromatic rings. The maximum absolute atomic E-state index is 12.6. The molecule has 0 heterocycles. The molecule has 0 aromatic heterocycles. The molecule has 1 aliphatic rings. The normalized spacial score (nSPS) is 13.7. The Kier molecular flexibility index (Phi) is 5.21. The van der Waals surface area contributed by atoms with E-state index in [1.165, 1.54) is 12.1 Å². The molecule has 0 bridgehead atoms. The number of unbranched alkanes of at least 4 members (excludes halogenated alkanes) is 1. The molecule has 1 aromatic carbocycles. The number of nitrogens with one attached hydrogen (secondary N) is 1. The first-order valence-electron chi connectivity index (χ1n) is 7.74. The van der Waals surface area contributed by atoms with Crippen molar-refractivity contribution < 1.29 is 19.8 Å². The lowest BCUT2D eigenvalue weighted by Crippen LogP contribution is -2.28. The van der Waals surface area contributed by atoms with Gasteiger partial charge in [0.05, 0.1) is 5.57 Å². The number of allylic oxidation sites excluding steroid dienone is 3. The van der Waals surface area contributed by atoms with E-state index in [0.29, 0.717) is 24.1 Å². The highest BCUT2D eigenvalue weighted by atomic mass is 16.3. The fourth-order valence-corrected chi connectivity index (χ4v) is 2.58. The Morgan fingerprint density at radius 1 is 1.22 bits per heavy atom. The summed E-state index contributed by atoms with van der Waals surface area (Å²) in [6.07, 6.45) is 5.88. The first-order chi connectivity index (χ1) is 11.0. The van der Waals surface area contributed by atoms with Crippen molar-refractivity contribution in [1.29, 1.82) is 0 Å². The summed E-state index contributed by atoms with van der Waals surface area (Å²) in [5.41, 5.74) is 1.43. The van der Waals surface area contributed by atoms with Crippen LogP contribution in [0.25, 0.3) is 5.57 Å². The highest BCUT2D eigenvalue weighted by molar-refractivity contribution is 6.34. The summed E-state index contributed by atoms with van der Waals surface area (Å²) in [6.45, 7) is 4.38. The van der Waals surface area contributed by atoms with E-state index in [0.717, 1.165) is 12.8 Å². The molecular formula is C18H21NO4. The number of rotatable bonds is 6. The number of amides is 1. The largest absolute Gasteiger partial charge is 0.504 e. The van der Waals surface area contributed by atoms with Gasteiger partial charge in [0.1, 0.15) is 0 Å². The summed E-state index contributed by atoms with van der Waals surface area (Å²) in [5, 5.41) is 22.1. The van der Waals surface area contributed by atoms with Crippen molar-refractivity contribution in [3.8, 4) is 11.5 Å². The van der Waals surface area contributed by atoms with Crippen molar-refractivity contribution in [2.45, 2.75) is 33.1 Å². The summed E-state index contributed by atoms with van der Waals surface area (Å²) in [5.74, 6) is -1.49. The van der Waals surface area contributed by atoms with Crippen molar-refractivity contribution in [2.24, 2.45) is 0 Å². The van der Waals surface area contributed by atoms with Gasteiger partial charge in [0.25, 0.3) is 5.91 Å². The van der Waals surface area contributed by atoms with E-state index >= 15 is 0 Å². The lowest BCUT2D eigenvalue weighted by atomic mass is 10.0. The standard InChI is InChI=1S/C18H21NO4/c1-3-5-7-11-12-9-14(20)15(21)10-13(12)17(22)16(11)18(23)19-8-6-4-2/h3,5,9-10,20-21H,4,6-8H2,1-2H3,(H,19,23)/b5-3+. The number of Topliss-reactive ketones (excluding diaryl/α,β-unsaturated/α-hetero) is 1. The highest BCUT2D eigenvalue weighted by Crippen LogP contribution is 2.40. The first kappa shape index (κ1) is 16.8. The molecule has 0 saturated carbocycles. The Morgan fingerprint density at radius 2 is 1.87 bits per heavy atom. The Morgan fingerprint density at radius 3 is 2.48 bits per heavy atom. The SMILES string of the molecule is C/C=C/CC1=C(C(=O)NCCCC)C(=O)c2cc(O)c(O)cc21. The summed E-state index contributed by atoms with van der Waals surface area (Å²) in [7, 11) is 0. The van der Waals surface area contributed by atoms with Crippen molar-refractivity contribution >= 4 is 17.3 Å². The molecule has 23 heavy (non-hydrogen) atoms. The van der Waals surface area contributed by atoms with Gasteiger partial charge < -0.3 is 15.5 Å². The van der Waals surface area contributed by atoms with E-state index in [-0.39, 0.29) is 22.6 Å². The van der Waals surface area contributed by atoms with Crippen LogP contribution in [-0.2, 0) is 4.79 Å². The van der Waals surface area contributed by atoms with E-state index in [4.69, 9.17) is 0 Å². The van der Waals surface area contributed by atoms with E-state index in [1.54, 1.807) is 0 Å². The predicted molar refractivity (Wildman–Crippen MR) is 88.4 cm³/mol. The Labute approximate surface area is 135 Å². The molecule has 0 saturated heterocycles. The van der Waals surface area contributed by atoms with Crippen LogP contribution in [-0.4, -0.2) is 28.4 Å². The number of fused-ring (bicyclic) bond motifs is 1. The minimum absolute atomic E-state index is 0.0965. The van der Waals surface area contributed by atoms with Crippen LogP contribution >= 0.6 is 0 Å². The van der Waals surface area contributed by atoms with Crippen LogP contribution in [0.4, 0.5) is 0 Å². The van der Waals surface area contributed by atoms with E-state index < -0.39 is 11.7 Å². The van der Waals surface area contributed by atoms with Gasteiger partial charge in [0.2, 0.25) is 0 Å². The van der Waals surface area contributed by atoms with Gasteiger partial charge in [-0.3, -0.25) is 9.59 Å². The van der Waals surface area contributed by atoms with Gasteiger partial charge in [-0.25, -0.2) is 0 Å². The molecule has 0 atom stereocenters. The molecular weight excluding hydrogens is 294 g/mol. The number of carbonyl (C=O) groups is 2. The zero-order chi connectivity index (χ0) is 17.0. The lowest BCUT2D eigenvalue weighted by Gasteiger charge is -2.07. The zero-order valence-electron chi connectivity index (χ0n) is 13.3. The first-order valence-corrected chi connectivity index (χ1v) is 7.74. The number of phenols is 2. The number of benzene rings is 1. The fraction of sp³-hybridized carbons (Fsp3) is 0.333. The van der Waals surface area contributed by atoms with Crippen molar-refractivity contribution in [1.82, 2.24) is 5.32 Å². The summed E-state index contributed by atoms with van der Waals surface area (Å²) >= 11 is 0. The Balaban J connectivity index is 2.45. The number of carbonyl (C=O) groups excluding carboxylic acids is 2. The summed E-state index contributed by atoms with van der Waals surface area (Å²) < 4.78 is 0. The third-order valence-electron chi connectivity index (χ3n) is 3.81. The van der Waals surface area contributed by atoms with E-state index in [9.17, 15) is 19.8 Å². The monoisotopic (exact) mass is 315 g/mol. The molecule has 122 valence electrons. The maximum atomic E-state index is 12.6. The minimum Gasteiger partial charge on any atom is -0.504 e. The van der Waals surface area contributed by atoms with Crippen LogP contribution in [0.15, 0.2) is 29.9 Å². The van der Waals surface area contributed by atoms with Gasteiger partial charge in [-0.05, 0) is 43.0 Å². The number of phenolic OH excluding ortho intramolecular Hbond substituents is 2. The molecule has 5 heteroatoms. The maximum Gasteiger partial charge on any atom is 0.255 e. The minimum atomic E-state index is -0.413. The smallest absolute Gasteiger partial charge is 0.255 e. The van der Waals surface area contributed by atoms with Crippen LogP contribution in [0.1, 0.15) is 49.0 Å². The van der Waals surface area contributed by atoms with Crippen LogP contribution in [0.5, 0.6) is 11.5 Å². The van der Waals surface area contributed by atoms with Crippen molar-refractivity contribution in [3.63, 3.8) is 0 Å². The average molecular weight is 315 g/mol. The van der Waals surface area contributed by atoms with Gasteiger partial charge >= 0.3 is 0 Å². The number of aromatic hydroxyl groups is 2. The number of ketones is 1. The molecule has 0 unspecified atom stereocenters. The molecule has 1 aliphatic carbocycles. The molecule has 5 nitrogen and oxygen atoms in total. The fourth-order valence-electron chi connectivity index (χ4n) is 2.58. The second-order valence-corrected chi connectivity index (χ2v) is 5.45. The Hall–Kier alpha value is -2.56. The van der Waals surface area contributed by atoms with Crippen LogP contribution in [0.2, 0.25) is 0 Å². The highest BCUT2D eigenvalue weighted by Gasteiger charge is 2.34. The second kappa shape index (κ2) is 7.13. The summed E-state index contributed by atoms with van der Waals surface area (Å²) in [6, 6.07) is 2.56. The predicted octanol–water partition coefficient (Wildman–Crippen LogP) is 2.93. The van der Waals surface area contributed by atoms with Gasteiger partial charge in [-0.15, -0.1) is 0 Å². The van der Waals surface area contributed by atoms with Gasteiger partial charge in [-0.1, -0.05) is 25.5 Å². The van der Waals surface area contributed by atoms with Gasteiger partial charge in [-0.2, -0.15) is 0 Å². The molecule has 2 rings (SSSR count). The van der Waals surface area contributed by atoms with Gasteiger partial charge in [0.15, 0.2) is 17.3 Å². The number of hydrogen-bond donors (Lipinski definition) is 3. The molecule has 0 radical (unpaired) electrons. The summed E-state index contributed by atoms with van der Waals surface area (Å²) in [4.78, 5) is 25.0. The number of hydrogen-bond acceptors (Lipinski definition) is 4. The molecule has 0 spiro atoms. The third kappa shape index (κ3) is 3.28. The van der Waals surface area contributed by atoms with Crippen LogP contribution < -0.4 is 5.32 Å². The second-order valence-electron chi connectivity index (χ2n) is 5.45. The molecule has 0 fully saturated rings. The molecule has 1 amide bonds. The zero-order valence-corrected chi connectivity index (χ0v) is 13.3. The molecule has 0 aliphatic heterocycles. The Bertz CT molecular complexity index is 701. The van der Waals surface area contributed by atoms with Crippen molar-refractivity contribution in [2.75, 3.05) is 6.54 Å². The lowest BCUT2D eigenvalue weighted by molar-refractivity contribution is -0.117. The van der Waals surface area contributed by atoms with E-state index in [1.807, 2.05) is 26.0 Å². The average Bonchev–Trinajstić information content (AvgIpc) is 2.78. The van der Waals surface area contributed by atoms with Gasteiger partial charge in [0, 0.05) is 12.1 Å². The van der Waals surface area contributed by atoms with Crippen molar-refractivity contribution in [3.05, 3.63) is 41.0 Å². The van der Waals surface area contributed by atoms with Crippen LogP contribution in [0.3, 0.4) is 0 Å². The van der Waals surface area contributed by atoms with E-state index in [2.05, 4.69) is 5.32 Å². The third-order valence-corrected chi connectivity index (χ3v) is 3.81. The molecule has 3 N–H and O–H groups in total. The quantitative estimate of drug-likeness (QED) is 0.326.